The van der Waals surface area contributed by atoms with Crippen molar-refractivity contribution in [3.8, 4) is 0 Å². The highest BCUT2D eigenvalue weighted by atomic mass is 16.3. The SMILES string of the molecule is Cc1cn(C)c2c1C(=O)N(Cc1ccco1)C(=O)C2. The highest BCUT2D eigenvalue weighted by Crippen LogP contribution is 2.25. The summed E-state index contributed by atoms with van der Waals surface area (Å²) in [4.78, 5) is 25.8. The number of nitrogens with zero attached hydrogens (tertiary/aromatic N) is 2. The van der Waals surface area contributed by atoms with Crippen LogP contribution < -0.4 is 0 Å². The van der Waals surface area contributed by atoms with Crippen molar-refractivity contribution in [2.24, 2.45) is 7.05 Å². The van der Waals surface area contributed by atoms with Crippen molar-refractivity contribution in [2.45, 2.75) is 19.9 Å². The summed E-state index contributed by atoms with van der Waals surface area (Å²) in [5, 5.41) is 0. The van der Waals surface area contributed by atoms with E-state index < -0.39 is 0 Å². The number of carbonyl (C=O) groups is 2. The number of aryl methyl sites for hydroxylation is 2. The Bertz CT molecular complexity index is 653. The van der Waals surface area contributed by atoms with Crippen LogP contribution in [0.2, 0.25) is 0 Å². The minimum atomic E-state index is -0.235. The van der Waals surface area contributed by atoms with E-state index in [0.29, 0.717) is 11.3 Å². The number of fused-ring (bicyclic) bond motifs is 1. The number of rotatable bonds is 2. The molecule has 0 aliphatic carbocycles. The molecule has 0 fully saturated rings. The number of amides is 2. The molecule has 2 amide bonds. The van der Waals surface area contributed by atoms with Gasteiger partial charge in [-0.3, -0.25) is 14.5 Å². The molecule has 0 spiro atoms. The lowest BCUT2D eigenvalue weighted by Crippen LogP contribution is -2.42. The molecule has 5 nitrogen and oxygen atoms in total. The predicted molar refractivity (Wildman–Crippen MR) is 67.4 cm³/mol. The van der Waals surface area contributed by atoms with E-state index >= 15 is 0 Å². The van der Waals surface area contributed by atoms with Crippen LogP contribution in [-0.2, 0) is 24.8 Å². The summed E-state index contributed by atoms with van der Waals surface area (Å²) in [5.74, 6) is 0.189. The molecule has 0 N–H and O–H groups in total. The fourth-order valence-electron chi connectivity index (χ4n) is 2.55. The van der Waals surface area contributed by atoms with Crippen LogP contribution in [0.15, 0.2) is 29.0 Å². The molecule has 0 saturated heterocycles. The van der Waals surface area contributed by atoms with Gasteiger partial charge in [0, 0.05) is 18.9 Å². The topological polar surface area (TPSA) is 55.5 Å². The average molecular weight is 258 g/mol. The van der Waals surface area contributed by atoms with Crippen molar-refractivity contribution in [2.75, 3.05) is 0 Å². The number of aromatic nitrogens is 1. The Balaban J connectivity index is 1.98. The molecular weight excluding hydrogens is 244 g/mol. The molecule has 1 aliphatic heterocycles. The molecule has 3 heterocycles. The third-order valence-corrected chi connectivity index (χ3v) is 3.47. The second-order valence-electron chi connectivity index (χ2n) is 4.79. The van der Waals surface area contributed by atoms with E-state index in [1.54, 1.807) is 12.1 Å². The van der Waals surface area contributed by atoms with Crippen molar-refractivity contribution >= 4 is 11.8 Å². The predicted octanol–water partition coefficient (Wildman–Crippen LogP) is 1.65. The Kier molecular flexibility index (Phi) is 2.55. The van der Waals surface area contributed by atoms with Gasteiger partial charge in [0.1, 0.15) is 5.76 Å². The molecule has 0 bridgehead atoms. The summed E-state index contributed by atoms with van der Waals surface area (Å²) in [6.45, 7) is 2.08. The molecule has 0 radical (unpaired) electrons. The van der Waals surface area contributed by atoms with Crippen molar-refractivity contribution < 1.29 is 14.0 Å². The first-order valence-electron chi connectivity index (χ1n) is 6.10. The van der Waals surface area contributed by atoms with Crippen molar-refractivity contribution in [1.82, 2.24) is 9.47 Å². The van der Waals surface area contributed by atoms with Crippen LogP contribution in [0.1, 0.15) is 27.4 Å². The summed E-state index contributed by atoms with van der Waals surface area (Å²) < 4.78 is 7.06. The van der Waals surface area contributed by atoms with Crippen molar-refractivity contribution in [3.05, 3.63) is 47.2 Å². The van der Waals surface area contributed by atoms with Gasteiger partial charge in [0.25, 0.3) is 5.91 Å². The average Bonchev–Trinajstić information content (AvgIpc) is 2.94. The van der Waals surface area contributed by atoms with Crippen molar-refractivity contribution in [1.29, 1.82) is 0 Å². The molecule has 2 aromatic rings. The molecule has 3 rings (SSSR count). The Hall–Kier alpha value is -2.30. The van der Waals surface area contributed by atoms with E-state index in [9.17, 15) is 9.59 Å². The lowest BCUT2D eigenvalue weighted by atomic mass is 10.0. The van der Waals surface area contributed by atoms with E-state index in [0.717, 1.165) is 11.3 Å². The fourth-order valence-corrected chi connectivity index (χ4v) is 2.55. The Morgan fingerprint density at radius 1 is 1.37 bits per heavy atom. The molecule has 0 atom stereocenters. The summed E-state index contributed by atoms with van der Waals surface area (Å²) in [5.41, 5.74) is 2.34. The largest absolute Gasteiger partial charge is 0.467 e. The summed E-state index contributed by atoms with van der Waals surface area (Å²) in [6.07, 6.45) is 3.67. The minimum absolute atomic E-state index is 0.185. The van der Waals surface area contributed by atoms with Crippen LogP contribution in [-0.4, -0.2) is 21.3 Å². The summed E-state index contributed by atoms with van der Waals surface area (Å²) in [7, 11) is 1.86. The quantitative estimate of drug-likeness (QED) is 0.770. The van der Waals surface area contributed by atoms with Gasteiger partial charge in [-0.25, -0.2) is 0 Å². The number of furan rings is 1. The van der Waals surface area contributed by atoms with Gasteiger partial charge >= 0.3 is 0 Å². The van der Waals surface area contributed by atoms with Gasteiger partial charge in [-0.05, 0) is 24.6 Å². The van der Waals surface area contributed by atoms with Gasteiger partial charge in [-0.1, -0.05) is 0 Å². The molecule has 2 aromatic heterocycles. The van der Waals surface area contributed by atoms with Gasteiger partial charge in [0.15, 0.2) is 0 Å². The molecule has 0 saturated carbocycles. The second-order valence-corrected chi connectivity index (χ2v) is 4.79. The van der Waals surface area contributed by atoms with E-state index in [1.807, 2.05) is 24.7 Å². The molecule has 1 aliphatic rings. The van der Waals surface area contributed by atoms with E-state index in [2.05, 4.69) is 0 Å². The third kappa shape index (κ3) is 1.78. The summed E-state index contributed by atoms with van der Waals surface area (Å²) in [6, 6.07) is 3.50. The highest BCUT2D eigenvalue weighted by Gasteiger charge is 2.34. The second kappa shape index (κ2) is 4.12. The Labute approximate surface area is 110 Å². The molecule has 0 aromatic carbocycles. The lowest BCUT2D eigenvalue weighted by molar-refractivity contribution is -0.129. The molecule has 5 heteroatoms. The van der Waals surface area contributed by atoms with Crippen molar-refractivity contribution in [3.63, 3.8) is 0 Å². The van der Waals surface area contributed by atoms with Gasteiger partial charge in [-0.2, -0.15) is 0 Å². The first kappa shape index (κ1) is 11.8. The van der Waals surface area contributed by atoms with Crippen LogP contribution in [0, 0.1) is 6.92 Å². The Morgan fingerprint density at radius 2 is 2.16 bits per heavy atom. The fraction of sp³-hybridized carbons (Fsp3) is 0.286. The van der Waals surface area contributed by atoms with Crippen LogP contribution in [0.5, 0.6) is 0 Å². The number of hydrogen-bond acceptors (Lipinski definition) is 3. The van der Waals surface area contributed by atoms with Gasteiger partial charge in [0.05, 0.1) is 24.8 Å². The van der Waals surface area contributed by atoms with Crippen LogP contribution in [0.3, 0.4) is 0 Å². The smallest absolute Gasteiger partial charge is 0.263 e. The standard InChI is InChI=1S/C14H14N2O3/c1-9-7-15(2)11-6-12(17)16(14(18)13(9)11)8-10-4-3-5-19-10/h3-5,7H,6,8H2,1-2H3. The number of carbonyl (C=O) groups excluding carboxylic acids is 2. The van der Waals surface area contributed by atoms with E-state index in [-0.39, 0.29) is 24.8 Å². The van der Waals surface area contributed by atoms with Crippen LogP contribution >= 0.6 is 0 Å². The zero-order chi connectivity index (χ0) is 13.6. The zero-order valence-corrected chi connectivity index (χ0v) is 10.8. The first-order valence-corrected chi connectivity index (χ1v) is 6.10. The lowest BCUT2D eigenvalue weighted by Gasteiger charge is -2.25. The maximum Gasteiger partial charge on any atom is 0.263 e. The maximum absolute atomic E-state index is 12.4. The van der Waals surface area contributed by atoms with Crippen LogP contribution in [0.25, 0.3) is 0 Å². The molecule has 0 unspecified atom stereocenters. The summed E-state index contributed by atoms with van der Waals surface area (Å²) >= 11 is 0. The Morgan fingerprint density at radius 3 is 2.84 bits per heavy atom. The van der Waals surface area contributed by atoms with E-state index in [4.69, 9.17) is 4.42 Å². The van der Waals surface area contributed by atoms with Gasteiger partial charge < -0.3 is 8.98 Å². The van der Waals surface area contributed by atoms with E-state index in [1.165, 1.54) is 11.2 Å². The van der Waals surface area contributed by atoms with Gasteiger partial charge in [-0.15, -0.1) is 0 Å². The molecule has 19 heavy (non-hydrogen) atoms. The maximum atomic E-state index is 12.4. The highest BCUT2D eigenvalue weighted by molar-refractivity contribution is 6.10. The van der Waals surface area contributed by atoms with Crippen LogP contribution in [0.4, 0.5) is 0 Å². The zero-order valence-electron chi connectivity index (χ0n) is 10.8. The normalized spacial score (nSPS) is 14.9. The molecular formula is C14H14N2O3. The third-order valence-electron chi connectivity index (χ3n) is 3.47. The monoisotopic (exact) mass is 258 g/mol. The first-order chi connectivity index (χ1) is 9.08. The minimum Gasteiger partial charge on any atom is -0.467 e. The molecule has 98 valence electrons. The van der Waals surface area contributed by atoms with Gasteiger partial charge in [0.2, 0.25) is 5.91 Å². The number of hydrogen-bond donors (Lipinski definition) is 0. The number of imide groups is 1.